The molecule has 0 atom stereocenters. The van der Waals surface area contributed by atoms with Crippen molar-refractivity contribution >= 4 is 12.4 Å². The lowest BCUT2D eigenvalue weighted by Gasteiger charge is -2.44. The van der Waals surface area contributed by atoms with Gasteiger partial charge in [0.2, 0.25) is 0 Å². The SMILES string of the molecule is Cl.c1ccc(OC2CN(C(c3ccccc3)c3ccccc3)C2)cc1.c1ccc(OC2CNC2)cc1. The van der Waals surface area contributed by atoms with Crippen molar-refractivity contribution in [3.8, 4) is 11.5 Å². The molecule has 0 unspecified atom stereocenters. The van der Waals surface area contributed by atoms with Gasteiger partial charge in [0.25, 0.3) is 0 Å². The van der Waals surface area contributed by atoms with Gasteiger partial charge in [0.15, 0.2) is 0 Å². The maximum atomic E-state index is 6.06. The zero-order valence-electron chi connectivity index (χ0n) is 20.3. The number of hydrogen-bond acceptors (Lipinski definition) is 4. The summed E-state index contributed by atoms with van der Waals surface area (Å²) in [6.45, 7) is 3.86. The van der Waals surface area contributed by atoms with Gasteiger partial charge < -0.3 is 14.8 Å². The van der Waals surface area contributed by atoms with Crippen molar-refractivity contribution in [3.63, 3.8) is 0 Å². The quantitative estimate of drug-likeness (QED) is 0.337. The molecule has 0 amide bonds. The fraction of sp³-hybridized carbons (Fsp3) is 0.226. The molecule has 4 nitrogen and oxygen atoms in total. The molecule has 2 aliphatic rings. The largest absolute Gasteiger partial charge is 0.488 e. The number of halogens is 1. The van der Waals surface area contributed by atoms with Crippen molar-refractivity contribution in [1.82, 2.24) is 10.2 Å². The second-order valence-corrected chi connectivity index (χ2v) is 8.94. The van der Waals surface area contributed by atoms with E-state index in [1.54, 1.807) is 0 Å². The summed E-state index contributed by atoms with van der Waals surface area (Å²) in [6.07, 6.45) is 0.653. The predicted octanol–water partition coefficient (Wildman–Crippen LogP) is 6.00. The fourth-order valence-corrected chi connectivity index (χ4v) is 4.37. The van der Waals surface area contributed by atoms with Gasteiger partial charge in [-0.2, -0.15) is 0 Å². The highest BCUT2D eigenvalue weighted by Crippen LogP contribution is 2.33. The van der Waals surface area contributed by atoms with E-state index in [0.29, 0.717) is 12.1 Å². The Morgan fingerprint density at radius 1 is 0.556 bits per heavy atom. The number of para-hydroxylation sites is 2. The number of nitrogens with one attached hydrogen (secondary N) is 1. The Morgan fingerprint density at radius 2 is 0.944 bits per heavy atom. The minimum Gasteiger partial charge on any atom is -0.488 e. The highest BCUT2D eigenvalue weighted by atomic mass is 35.5. The first-order valence-corrected chi connectivity index (χ1v) is 12.3. The van der Waals surface area contributed by atoms with Gasteiger partial charge in [-0.1, -0.05) is 97.1 Å². The van der Waals surface area contributed by atoms with Crippen molar-refractivity contribution in [2.45, 2.75) is 18.2 Å². The molecular formula is C31H33ClN2O2. The van der Waals surface area contributed by atoms with E-state index in [0.717, 1.165) is 37.7 Å². The highest BCUT2D eigenvalue weighted by molar-refractivity contribution is 5.85. The molecule has 0 aromatic heterocycles. The van der Waals surface area contributed by atoms with E-state index in [2.05, 4.69) is 70.9 Å². The maximum Gasteiger partial charge on any atom is 0.124 e. The van der Waals surface area contributed by atoms with Crippen molar-refractivity contribution in [2.75, 3.05) is 26.2 Å². The topological polar surface area (TPSA) is 33.7 Å². The van der Waals surface area contributed by atoms with Gasteiger partial charge in [0, 0.05) is 26.2 Å². The van der Waals surface area contributed by atoms with Crippen LogP contribution < -0.4 is 14.8 Å². The molecule has 2 saturated heterocycles. The number of likely N-dealkylation sites (tertiary alicyclic amines) is 1. The lowest BCUT2D eigenvalue weighted by molar-refractivity contribution is 0.000291. The molecule has 0 saturated carbocycles. The normalized spacial score (nSPS) is 15.5. The second-order valence-electron chi connectivity index (χ2n) is 8.94. The van der Waals surface area contributed by atoms with Gasteiger partial charge in [-0.15, -0.1) is 12.4 Å². The minimum absolute atomic E-state index is 0. The van der Waals surface area contributed by atoms with Gasteiger partial charge >= 0.3 is 0 Å². The van der Waals surface area contributed by atoms with Crippen molar-refractivity contribution in [1.29, 1.82) is 0 Å². The van der Waals surface area contributed by atoms with Crippen LogP contribution in [-0.4, -0.2) is 43.3 Å². The first-order chi connectivity index (χ1) is 17.3. The predicted molar refractivity (Wildman–Crippen MR) is 148 cm³/mol. The van der Waals surface area contributed by atoms with Crippen LogP contribution in [0.25, 0.3) is 0 Å². The number of rotatable bonds is 7. The summed E-state index contributed by atoms with van der Waals surface area (Å²) in [7, 11) is 0. The van der Waals surface area contributed by atoms with Crippen LogP contribution in [0.1, 0.15) is 17.2 Å². The summed E-state index contributed by atoms with van der Waals surface area (Å²) in [5.74, 6) is 1.93. The van der Waals surface area contributed by atoms with Gasteiger partial charge in [-0.3, -0.25) is 4.90 Å². The molecule has 6 rings (SSSR count). The summed E-state index contributed by atoms with van der Waals surface area (Å²) in [4.78, 5) is 2.48. The first-order valence-electron chi connectivity index (χ1n) is 12.3. The van der Waals surface area contributed by atoms with E-state index in [4.69, 9.17) is 9.47 Å². The molecule has 4 aromatic rings. The Labute approximate surface area is 220 Å². The first kappa shape index (κ1) is 25.8. The van der Waals surface area contributed by atoms with E-state index in [1.807, 2.05) is 60.7 Å². The van der Waals surface area contributed by atoms with Crippen LogP contribution in [0.3, 0.4) is 0 Å². The van der Waals surface area contributed by atoms with Crippen LogP contribution in [0.4, 0.5) is 0 Å². The second kappa shape index (κ2) is 13.1. The Morgan fingerprint density at radius 3 is 1.33 bits per heavy atom. The van der Waals surface area contributed by atoms with E-state index in [-0.39, 0.29) is 18.5 Å². The Hall–Kier alpha value is -3.31. The lowest BCUT2D eigenvalue weighted by Crippen LogP contribution is -2.55. The molecule has 4 aromatic carbocycles. The van der Waals surface area contributed by atoms with E-state index >= 15 is 0 Å². The third-order valence-corrected chi connectivity index (χ3v) is 6.31. The van der Waals surface area contributed by atoms with E-state index in [1.165, 1.54) is 11.1 Å². The molecule has 0 aliphatic carbocycles. The van der Waals surface area contributed by atoms with Crippen LogP contribution in [0.5, 0.6) is 11.5 Å². The summed E-state index contributed by atoms with van der Waals surface area (Å²) in [6, 6.07) is 41.8. The van der Waals surface area contributed by atoms with Crippen LogP contribution in [-0.2, 0) is 0 Å². The number of nitrogens with zero attached hydrogens (tertiary/aromatic N) is 1. The molecule has 2 fully saturated rings. The van der Waals surface area contributed by atoms with Crippen molar-refractivity contribution in [2.24, 2.45) is 0 Å². The van der Waals surface area contributed by atoms with Gasteiger partial charge in [-0.25, -0.2) is 0 Å². The Kier molecular flexibility index (Phi) is 9.40. The molecular weight excluding hydrogens is 468 g/mol. The van der Waals surface area contributed by atoms with Gasteiger partial charge in [0.05, 0.1) is 6.04 Å². The van der Waals surface area contributed by atoms with Crippen LogP contribution in [0.2, 0.25) is 0 Å². The highest BCUT2D eigenvalue weighted by Gasteiger charge is 2.35. The maximum absolute atomic E-state index is 6.06. The fourth-order valence-electron chi connectivity index (χ4n) is 4.37. The van der Waals surface area contributed by atoms with E-state index < -0.39 is 0 Å². The third kappa shape index (κ3) is 6.88. The number of hydrogen-bond donors (Lipinski definition) is 1. The van der Waals surface area contributed by atoms with Crippen LogP contribution in [0, 0.1) is 0 Å². The van der Waals surface area contributed by atoms with Gasteiger partial charge in [0.1, 0.15) is 23.7 Å². The monoisotopic (exact) mass is 500 g/mol. The molecule has 0 spiro atoms. The van der Waals surface area contributed by atoms with Crippen molar-refractivity contribution < 1.29 is 9.47 Å². The smallest absolute Gasteiger partial charge is 0.124 e. The molecule has 36 heavy (non-hydrogen) atoms. The zero-order chi connectivity index (χ0) is 23.7. The zero-order valence-corrected chi connectivity index (χ0v) is 21.1. The van der Waals surface area contributed by atoms with Crippen molar-refractivity contribution in [3.05, 3.63) is 132 Å². The molecule has 1 N–H and O–H groups in total. The minimum atomic E-state index is 0. The molecule has 2 heterocycles. The molecule has 5 heteroatoms. The molecule has 186 valence electrons. The lowest BCUT2D eigenvalue weighted by atomic mass is 9.94. The van der Waals surface area contributed by atoms with Crippen LogP contribution in [0.15, 0.2) is 121 Å². The summed E-state index contributed by atoms with van der Waals surface area (Å²) >= 11 is 0. The van der Waals surface area contributed by atoms with Gasteiger partial charge in [-0.05, 0) is 35.4 Å². The Bertz CT molecular complexity index is 1100. The molecule has 2 aliphatic heterocycles. The molecule has 0 bridgehead atoms. The van der Waals surface area contributed by atoms with Crippen LogP contribution >= 0.6 is 12.4 Å². The number of ether oxygens (including phenoxy) is 2. The number of benzene rings is 4. The third-order valence-electron chi connectivity index (χ3n) is 6.31. The average molecular weight is 501 g/mol. The summed E-state index contributed by atoms with van der Waals surface area (Å²) in [5, 5.41) is 3.16. The Balaban J connectivity index is 0.000000213. The summed E-state index contributed by atoms with van der Waals surface area (Å²) in [5.41, 5.74) is 2.67. The molecule has 0 radical (unpaired) electrons. The van der Waals surface area contributed by atoms with E-state index in [9.17, 15) is 0 Å². The summed E-state index contributed by atoms with van der Waals surface area (Å²) < 4.78 is 11.6. The average Bonchev–Trinajstić information content (AvgIpc) is 2.88. The standard InChI is InChI=1S/C22H21NO.C9H11NO.ClH/c1-4-10-18(11-5-1)22(19-12-6-2-7-13-19)23-16-21(17-23)24-20-14-8-3-9-15-20;1-2-4-8(5-3-1)11-9-6-10-7-9;/h1-15,21-22H,16-17H2;1-5,9-10H,6-7H2;1H.